The van der Waals surface area contributed by atoms with Gasteiger partial charge >= 0.3 is 0 Å². The van der Waals surface area contributed by atoms with Gasteiger partial charge in [-0.3, -0.25) is 4.79 Å². The van der Waals surface area contributed by atoms with Crippen LogP contribution in [0.2, 0.25) is 0 Å². The molecule has 1 heterocycles. The summed E-state index contributed by atoms with van der Waals surface area (Å²) in [6.45, 7) is 7.54. The highest BCUT2D eigenvalue weighted by Crippen LogP contribution is 2.26. The molecule has 1 aromatic carbocycles. The fraction of sp³-hybridized carbons (Fsp3) is 0.611. The molecule has 3 heteroatoms. The average Bonchev–Trinajstić information content (AvgIpc) is 2.46. The number of hydrogen-bond donors (Lipinski definition) is 2. The minimum atomic E-state index is 0.0540. The predicted octanol–water partition coefficient (Wildman–Crippen LogP) is 3.99. The number of para-hydroxylation sites is 1. The van der Waals surface area contributed by atoms with Gasteiger partial charge in [0, 0.05) is 12.6 Å². The second-order valence-electron chi connectivity index (χ2n) is 6.57. The van der Waals surface area contributed by atoms with E-state index in [4.69, 9.17) is 0 Å². The molecule has 0 fully saturated rings. The molecule has 2 N–H and O–H groups in total. The third-order valence-electron chi connectivity index (χ3n) is 4.12. The molecule has 1 aliphatic heterocycles. The molecule has 1 aromatic rings. The number of fused-ring (bicyclic) bond motifs is 1. The van der Waals surface area contributed by atoms with Gasteiger partial charge in [-0.15, -0.1) is 0 Å². The third kappa shape index (κ3) is 4.48. The predicted molar refractivity (Wildman–Crippen MR) is 88.9 cm³/mol. The van der Waals surface area contributed by atoms with Crippen molar-refractivity contribution in [2.75, 3.05) is 11.9 Å². The van der Waals surface area contributed by atoms with Crippen molar-refractivity contribution in [1.82, 2.24) is 5.32 Å². The van der Waals surface area contributed by atoms with Gasteiger partial charge in [0.1, 0.15) is 0 Å². The molecule has 1 amide bonds. The summed E-state index contributed by atoms with van der Waals surface area (Å²) in [5.74, 6) is 0.788. The van der Waals surface area contributed by atoms with E-state index in [0.29, 0.717) is 0 Å². The van der Waals surface area contributed by atoms with Gasteiger partial charge in [-0.25, -0.2) is 0 Å². The van der Waals surface area contributed by atoms with E-state index in [9.17, 15) is 4.79 Å². The quantitative estimate of drug-likeness (QED) is 0.831. The number of rotatable bonds is 6. The van der Waals surface area contributed by atoms with Crippen molar-refractivity contribution in [3.63, 3.8) is 0 Å². The Kier molecular flexibility index (Phi) is 5.66. The molecule has 0 saturated carbocycles. The summed E-state index contributed by atoms with van der Waals surface area (Å²) in [7, 11) is 0. The molecule has 1 aliphatic rings. The molecule has 0 bridgehead atoms. The van der Waals surface area contributed by atoms with E-state index < -0.39 is 0 Å². The van der Waals surface area contributed by atoms with E-state index in [-0.39, 0.29) is 11.9 Å². The maximum Gasteiger partial charge on any atom is 0.253 e. The van der Waals surface area contributed by atoms with Gasteiger partial charge in [0.2, 0.25) is 0 Å². The lowest BCUT2D eigenvalue weighted by Gasteiger charge is -2.22. The van der Waals surface area contributed by atoms with Crippen molar-refractivity contribution < 1.29 is 4.79 Å². The van der Waals surface area contributed by atoms with E-state index >= 15 is 0 Å². The summed E-state index contributed by atoms with van der Waals surface area (Å²) in [4.78, 5) is 12.5. The highest BCUT2D eigenvalue weighted by atomic mass is 16.1. The Morgan fingerprint density at radius 3 is 2.86 bits per heavy atom. The first kappa shape index (κ1) is 15.9. The molecule has 21 heavy (non-hydrogen) atoms. The van der Waals surface area contributed by atoms with Crippen LogP contribution < -0.4 is 10.6 Å². The van der Waals surface area contributed by atoms with Crippen LogP contribution in [-0.2, 0) is 6.42 Å². The zero-order valence-electron chi connectivity index (χ0n) is 13.5. The molecular weight excluding hydrogens is 260 g/mol. The molecule has 1 atom stereocenters. The Bertz CT molecular complexity index is 482. The second kappa shape index (κ2) is 7.48. The van der Waals surface area contributed by atoms with Crippen LogP contribution in [0.15, 0.2) is 18.2 Å². The van der Waals surface area contributed by atoms with Gasteiger partial charge in [0.15, 0.2) is 0 Å². The van der Waals surface area contributed by atoms with Gasteiger partial charge in [0.25, 0.3) is 5.91 Å². The molecule has 2 rings (SSSR count). The highest BCUT2D eigenvalue weighted by molar-refractivity contribution is 6.00. The Hall–Kier alpha value is -1.51. The van der Waals surface area contributed by atoms with Crippen LogP contribution in [0, 0.1) is 5.92 Å². The molecule has 0 spiro atoms. The van der Waals surface area contributed by atoms with Crippen molar-refractivity contribution in [1.29, 1.82) is 0 Å². The number of hydrogen-bond acceptors (Lipinski definition) is 2. The van der Waals surface area contributed by atoms with Crippen molar-refractivity contribution in [2.24, 2.45) is 5.92 Å². The summed E-state index contributed by atoms with van der Waals surface area (Å²) in [5, 5.41) is 6.52. The smallest absolute Gasteiger partial charge is 0.253 e. The van der Waals surface area contributed by atoms with Gasteiger partial charge in [-0.1, -0.05) is 38.8 Å². The van der Waals surface area contributed by atoms with Crippen LogP contribution in [0.25, 0.3) is 0 Å². The molecule has 116 valence electrons. The maximum absolute atomic E-state index is 12.5. The molecular formula is C18H28N2O. The normalized spacial score (nSPS) is 15.2. The van der Waals surface area contributed by atoms with Crippen molar-refractivity contribution in [3.05, 3.63) is 29.3 Å². The fourth-order valence-corrected chi connectivity index (χ4v) is 2.90. The minimum Gasteiger partial charge on any atom is -0.384 e. The summed E-state index contributed by atoms with van der Waals surface area (Å²) in [5.41, 5.74) is 3.10. The molecule has 0 saturated heterocycles. The lowest BCUT2D eigenvalue weighted by Crippen LogP contribution is -2.33. The van der Waals surface area contributed by atoms with E-state index in [0.717, 1.165) is 43.0 Å². The van der Waals surface area contributed by atoms with Crippen LogP contribution >= 0.6 is 0 Å². The first-order valence-electron chi connectivity index (χ1n) is 8.24. The van der Waals surface area contributed by atoms with Crippen molar-refractivity contribution >= 4 is 11.6 Å². The van der Waals surface area contributed by atoms with Crippen molar-refractivity contribution in [3.8, 4) is 0 Å². The third-order valence-corrected chi connectivity index (χ3v) is 4.12. The Labute approximate surface area is 128 Å². The molecule has 0 radical (unpaired) electrons. The van der Waals surface area contributed by atoms with E-state index in [1.807, 2.05) is 12.1 Å². The minimum absolute atomic E-state index is 0.0540. The SMILES string of the molecule is CC(C)CCCC(C)NC(=O)c1cccc2c1NCCC2. The summed E-state index contributed by atoms with van der Waals surface area (Å²) < 4.78 is 0. The molecule has 1 unspecified atom stereocenters. The summed E-state index contributed by atoms with van der Waals surface area (Å²) in [6.07, 6.45) is 5.65. The first-order chi connectivity index (χ1) is 10.1. The lowest BCUT2D eigenvalue weighted by atomic mass is 9.98. The standard InChI is InChI=1S/C18H28N2O/c1-13(2)7-4-8-14(3)20-18(21)16-11-5-9-15-10-6-12-19-17(15)16/h5,9,11,13-14,19H,4,6-8,10,12H2,1-3H3,(H,20,21). The van der Waals surface area contributed by atoms with Gasteiger partial charge in [0.05, 0.1) is 11.3 Å². The number of aryl methyl sites for hydroxylation is 1. The molecule has 0 aliphatic carbocycles. The fourth-order valence-electron chi connectivity index (χ4n) is 2.90. The summed E-state index contributed by atoms with van der Waals surface area (Å²) >= 11 is 0. The van der Waals surface area contributed by atoms with E-state index in [1.54, 1.807) is 0 Å². The van der Waals surface area contributed by atoms with Crippen LogP contribution in [0.1, 0.15) is 62.4 Å². The number of amides is 1. The van der Waals surface area contributed by atoms with Gasteiger partial charge < -0.3 is 10.6 Å². The first-order valence-corrected chi connectivity index (χ1v) is 8.24. The second-order valence-corrected chi connectivity index (χ2v) is 6.57. The Balaban J connectivity index is 1.94. The summed E-state index contributed by atoms with van der Waals surface area (Å²) in [6, 6.07) is 6.26. The highest BCUT2D eigenvalue weighted by Gasteiger charge is 2.18. The monoisotopic (exact) mass is 288 g/mol. The van der Waals surface area contributed by atoms with E-state index in [1.165, 1.54) is 18.4 Å². The Morgan fingerprint density at radius 1 is 1.29 bits per heavy atom. The zero-order chi connectivity index (χ0) is 15.2. The Morgan fingerprint density at radius 2 is 2.10 bits per heavy atom. The van der Waals surface area contributed by atoms with Crippen molar-refractivity contribution in [2.45, 2.75) is 58.9 Å². The average molecular weight is 288 g/mol. The molecule has 3 nitrogen and oxygen atoms in total. The maximum atomic E-state index is 12.5. The zero-order valence-corrected chi connectivity index (χ0v) is 13.5. The lowest BCUT2D eigenvalue weighted by molar-refractivity contribution is 0.0938. The van der Waals surface area contributed by atoms with Gasteiger partial charge in [-0.05, 0) is 43.7 Å². The van der Waals surface area contributed by atoms with Gasteiger partial charge in [-0.2, -0.15) is 0 Å². The topological polar surface area (TPSA) is 41.1 Å². The van der Waals surface area contributed by atoms with E-state index in [2.05, 4.69) is 37.5 Å². The largest absolute Gasteiger partial charge is 0.384 e. The van der Waals surface area contributed by atoms with Crippen LogP contribution in [0.5, 0.6) is 0 Å². The number of carbonyl (C=O) groups excluding carboxylic acids is 1. The number of carbonyl (C=O) groups is 1. The number of nitrogens with one attached hydrogen (secondary N) is 2. The van der Waals surface area contributed by atoms with Crippen LogP contribution in [-0.4, -0.2) is 18.5 Å². The van der Waals surface area contributed by atoms with Crippen LogP contribution in [0.4, 0.5) is 5.69 Å². The number of benzene rings is 1. The van der Waals surface area contributed by atoms with Crippen LogP contribution in [0.3, 0.4) is 0 Å². The molecule has 0 aromatic heterocycles. The number of anilines is 1.